The van der Waals surface area contributed by atoms with Crippen LogP contribution in [-0.4, -0.2) is 36.2 Å². The molecule has 0 fully saturated rings. The summed E-state index contributed by atoms with van der Waals surface area (Å²) < 4.78 is 10.4. The van der Waals surface area contributed by atoms with E-state index in [1.54, 1.807) is 12.5 Å². The summed E-state index contributed by atoms with van der Waals surface area (Å²) in [4.78, 5) is 20.4. The van der Waals surface area contributed by atoms with Crippen molar-refractivity contribution >= 4 is 11.7 Å². The Kier molecular flexibility index (Phi) is 4.15. The topological polar surface area (TPSA) is 91.2 Å². The number of esters is 1. The fourth-order valence-corrected chi connectivity index (χ4v) is 2.62. The molecule has 1 aromatic carbocycles. The molecule has 7 nitrogen and oxygen atoms in total. The van der Waals surface area contributed by atoms with Crippen LogP contribution in [0.15, 0.2) is 30.7 Å². The number of imidazole rings is 1. The number of carbonyl (C=O) groups is 1. The average Bonchev–Trinajstić information content (AvgIpc) is 3.10. The Hall–Kier alpha value is -3.01. The van der Waals surface area contributed by atoms with Gasteiger partial charge in [0.15, 0.2) is 6.04 Å². The number of carbonyl (C=O) groups excluding carboxylic acids is 1. The van der Waals surface area contributed by atoms with Crippen molar-refractivity contribution < 1.29 is 14.3 Å². The first kappa shape index (κ1) is 14.9. The third-order valence-electron chi connectivity index (χ3n) is 3.75. The molecule has 23 heavy (non-hydrogen) atoms. The number of nitriles is 1. The summed E-state index contributed by atoms with van der Waals surface area (Å²) in [5, 5.41) is 9.57. The summed E-state index contributed by atoms with van der Waals surface area (Å²) in [6.07, 6.45) is 3.37. The summed E-state index contributed by atoms with van der Waals surface area (Å²) >= 11 is 0. The Balaban J connectivity index is 1.95. The molecule has 0 aliphatic carbocycles. The molecule has 1 atom stereocenters. The van der Waals surface area contributed by atoms with Gasteiger partial charge in [-0.2, -0.15) is 5.26 Å². The van der Waals surface area contributed by atoms with Crippen LogP contribution in [0.4, 0.5) is 5.69 Å². The van der Waals surface area contributed by atoms with E-state index in [-0.39, 0.29) is 12.4 Å². The van der Waals surface area contributed by atoms with E-state index >= 15 is 0 Å². The molecule has 3 rings (SSSR count). The highest BCUT2D eigenvalue weighted by Gasteiger charge is 2.27. The predicted molar refractivity (Wildman–Crippen MR) is 81.9 cm³/mol. The minimum atomic E-state index is -0.492. The molecule has 0 radical (unpaired) electrons. The van der Waals surface area contributed by atoms with Gasteiger partial charge in [0.05, 0.1) is 50.1 Å². The normalized spacial score (nSPS) is 14.3. The summed E-state index contributed by atoms with van der Waals surface area (Å²) in [6, 6.07) is 7.32. The number of hydrogen-bond donors (Lipinski definition) is 1. The second kappa shape index (κ2) is 6.40. The van der Waals surface area contributed by atoms with Gasteiger partial charge in [-0.05, 0) is 17.7 Å². The number of fused-ring (bicyclic) bond motifs is 1. The second-order valence-electron chi connectivity index (χ2n) is 5.14. The van der Waals surface area contributed by atoms with Gasteiger partial charge in [-0.1, -0.05) is 6.07 Å². The second-order valence-corrected chi connectivity index (χ2v) is 5.14. The van der Waals surface area contributed by atoms with Gasteiger partial charge < -0.3 is 19.4 Å². The van der Waals surface area contributed by atoms with Crippen molar-refractivity contribution in [3.63, 3.8) is 0 Å². The Morgan fingerprint density at radius 2 is 2.48 bits per heavy atom. The van der Waals surface area contributed by atoms with Crippen molar-refractivity contribution in [3.8, 4) is 11.8 Å². The van der Waals surface area contributed by atoms with E-state index in [1.165, 1.54) is 7.11 Å². The van der Waals surface area contributed by atoms with E-state index in [0.29, 0.717) is 18.9 Å². The first-order valence-corrected chi connectivity index (χ1v) is 7.20. The lowest BCUT2D eigenvalue weighted by molar-refractivity contribution is -0.139. The molecule has 1 unspecified atom stereocenters. The number of rotatable bonds is 4. The van der Waals surface area contributed by atoms with E-state index in [0.717, 1.165) is 16.9 Å². The molecular weight excluding hydrogens is 296 g/mol. The molecule has 1 aromatic heterocycles. The summed E-state index contributed by atoms with van der Waals surface area (Å²) in [6.45, 7) is 1.07. The highest BCUT2D eigenvalue weighted by molar-refractivity contribution is 5.74. The van der Waals surface area contributed by atoms with Crippen LogP contribution in [-0.2, 0) is 16.0 Å². The average molecular weight is 312 g/mol. The molecular formula is C16H16N4O3. The molecule has 2 heterocycles. The first-order chi connectivity index (χ1) is 11.2. The largest absolute Gasteiger partial charge is 0.490 e. The zero-order valence-corrected chi connectivity index (χ0v) is 12.7. The van der Waals surface area contributed by atoms with Gasteiger partial charge in [0, 0.05) is 0 Å². The molecule has 7 heteroatoms. The zero-order valence-electron chi connectivity index (χ0n) is 12.7. The fourth-order valence-electron chi connectivity index (χ4n) is 2.62. The summed E-state index contributed by atoms with van der Waals surface area (Å²) in [7, 11) is 1.36. The third kappa shape index (κ3) is 2.97. The van der Waals surface area contributed by atoms with E-state index < -0.39 is 6.04 Å². The fraction of sp³-hybridized carbons (Fsp3) is 0.312. The molecule has 1 aliphatic heterocycles. The quantitative estimate of drug-likeness (QED) is 0.862. The van der Waals surface area contributed by atoms with E-state index in [4.69, 9.17) is 9.47 Å². The van der Waals surface area contributed by atoms with Crippen molar-refractivity contribution in [1.82, 2.24) is 9.97 Å². The number of nitrogens with zero attached hydrogens (tertiary/aromatic N) is 3. The van der Waals surface area contributed by atoms with Crippen molar-refractivity contribution in [3.05, 3.63) is 42.0 Å². The van der Waals surface area contributed by atoms with Gasteiger partial charge in [0.2, 0.25) is 0 Å². The van der Waals surface area contributed by atoms with Crippen molar-refractivity contribution in [2.75, 3.05) is 25.2 Å². The van der Waals surface area contributed by atoms with Crippen molar-refractivity contribution in [1.29, 1.82) is 5.26 Å². The Morgan fingerprint density at radius 1 is 1.61 bits per heavy atom. The molecule has 0 saturated heterocycles. The lowest BCUT2D eigenvalue weighted by Crippen LogP contribution is -2.35. The lowest BCUT2D eigenvalue weighted by Gasteiger charge is -2.34. The smallest absolute Gasteiger partial charge is 0.309 e. The van der Waals surface area contributed by atoms with Gasteiger partial charge in [-0.3, -0.25) is 4.79 Å². The SMILES string of the molecule is COC(=O)Cc1ccc2c(c1)N(C(C#N)c1cnc[nH]1)CCO2. The molecule has 1 aliphatic rings. The Labute approximate surface area is 133 Å². The molecule has 118 valence electrons. The van der Waals surface area contributed by atoms with Crippen LogP contribution in [0.25, 0.3) is 0 Å². The van der Waals surface area contributed by atoms with Crippen molar-refractivity contribution in [2.24, 2.45) is 0 Å². The summed E-state index contributed by atoms with van der Waals surface area (Å²) in [5.74, 6) is 0.392. The maximum absolute atomic E-state index is 11.5. The van der Waals surface area contributed by atoms with Gasteiger partial charge in [0.1, 0.15) is 12.4 Å². The highest BCUT2D eigenvalue weighted by Crippen LogP contribution is 2.37. The first-order valence-electron chi connectivity index (χ1n) is 7.20. The monoisotopic (exact) mass is 312 g/mol. The van der Waals surface area contributed by atoms with Crippen LogP contribution in [0.5, 0.6) is 5.75 Å². The predicted octanol–water partition coefficient (Wildman–Crippen LogP) is 1.59. The number of anilines is 1. The number of ether oxygens (including phenoxy) is 2. The van der Waals surface area contributed by atoms with Crippen LogP contribution in [0.3, 0.4) is 0 Å². The third-order valence-corrected chi connectivity index (χ3v) is 3.75. The number of benzene rings is 1. The van der Waals surface area contributed by atoms with Gasteiger partial charge >= 0.3 is 5.97 Å². The zero-order chi connectivity index (χ0) is 16.2. The van der Waals surface area contributed by atoms with E-state index in [1.807, 2.05) is 23.1 Å². The molecule has 2 aromatic rings. The minimum absolute atomic E-state index is 0.179. The number of H-pyrrole nitrogens is 1. The molecule has 0 bridgehead atoms. The number of nitrogens with one attached hydrogen (secondary N) is 1. The van der Waals surface area contributed by atoms with Crippen LogP contribution >= 0.6 is 0 Å². The number of methoxy groups -OCH3 is 1. The summed E-state index contributed by atoms with van der Waals surface area (Å²) in [5.41, 5.74) is 2.32. The maximum Gasteiger partial charge on any atom is 0.309 e. The number of aromatic amines is 1. The van der Waals surface area contributed by atoms with Crippen LogP contribution in [0.1, 0.15) is 17.3 Å². The van der Waals surface area contributed by atoms with Crippen LogP contribution < -0.4 is 9.64 Å². The Bertz CT molecular complexity index is 736. The van der Waals surface area contributed by atoms with Gasteiger partial charge in [0.25, 0.3) is 0 Å². The molecule has 0 amide bonds. The number of hydrogen-bond acceptors (Lipinski definition) is 6. The molecule has 0 saturated carbocycles. The van der Waals surface area contributed by atoms with E-state index in [9.17, 15) is 10.1 Å². The van der Waals surface area contributed by atoms with Crippen molar-refractivity contribution in [2.45, 2.75) is 12.5 Å². The minimum Gasteiger partial charge on any atom is -0.490 e. The highest BCUT2D eigenvalue weighted by atomic mass is 16.5. The van der Waals surface area contributed by atoms with Crippen LogP contribution in [0, 0.1) is 11.3 Å². The number of aromatic nitrogens is 2. The van der Waals surface area contributed by atoms with Gasteiger partial charge in [-0.15, -0.1) is 0 Å². The van der Waals surface area contributed by atoms with Crippen LogP contribution in [0.2, 0.25) is 0 Å². The molecule has 1 N–H and O–H groups in total. The maximum atomic E-state index is 11.5. The lowest BCUT2D eigenvalue weighted by atomic mass is 10.1. The Morgan fingerprint density at radius 3 is 3.17 bits per heavy atom. The standard InChI is InChI=1S/C16H16N4O3/c1-22-16(21)7-11-2-3-15-13(6-11)20(4-5-23-15)14(8-17)12-9-18-10-19-12/h2-3,6,9-10,14H,4-5,7H2,1H3,(H,18,19). The molecule has 0 spiro atoms. The van der Waals surface area contributed by atoms with Gasteiger partial charge in [-0.25, -0.2) is 4.98 Å². The van der Waals surface area contributed by atoms with E-state index in [2.05, 4.69) is 16.0 Å².